The molecule has 0 saturated heterocycles. The number of thiazole rings is 1. The van der Waals surface area contributed by atoms with Crippen molar-refractivity contribution in [2.45, 2.75) is 20.4 Å². The molecule has 1 heterocycles. The Labute approximate surface area is 165 Å². The van der Waals surface area contributed by atoms with Gasteiger partial charge in [0.05, 0.1) is 26.9 Å². The minimum atomic E-state index is -0.272. The molecule has 1 aromatic heterocycles. The van der Waals surface area contributed by atoms with E-state index in [-0.39, 0.29) is 5.91 Å². The van der Waals surface area contributed by atoms with Crippen molar-refractivity contribution in [3.8, 4) is 0 Å². The van der Waals surface area contributed by atoms with Gasteiger partial charge >= 0.3 is 0 Å². The van der Waals surface area contributed by atoms with E-state index in [0.717, 1.165) is 21.3 Å². The van der Waals surface area contributed by atoms with Crippen LogP contribution in [0.4, 0.5) is 0 Å². The van der Waals surface area contributed by atoms with E-state index in [9.17, 15) is 4.79 Å². The monoisotopic (exact) mass is 408 g/mol. The zero-order valence-corrected chi connectivity index (χ0v) is 17.0. The molecule has 0 fully saturated rings. The van der Waals surface area contributed by atoms with Crippen LogP contribution in [-0.4, -0.2) is 24.2 Å². The third kappa shape index (κ3) is 3.71. The summed E-state index contributed by atoms with van der Waals surface area (Å²) in [5.74, 6) is -0.272. The molecule has 136 valence electrons. The van der Waals surface area contributed by atoms with E-state index in [1.54, 1.807) is 13.2 Å². The third-order valence-corrected chi connectivity index (χ3v) is 5.91. The topological polar surface area (TPSA) is 43.6 Å². The van der Waals surface area contributed by atoms with Crippen molar-refractivity contribution in [1.82, 2.24) is 4.57 Å². The summed E-state index contributed by atoms with van der Waals surface area (Å²) in [7, 11) is 1.63. The maximum atomic E-state index is 12.8. The highest BCUT2D eigenvalue weighted by Gasteiger charge is 2.14. The summed E-state index contributed by atoms with van der Waals surface area (Å²) in [4.78, 5) is 17.7. The Bertz CT molecular complexity index is 1050. The zero-order valence-electron chi connectivity index (χ0n) is 14.7. The third-order valence-electron chi connectivity index (χ3n) is 4.07. The molecule has 7 heteroatoms. The number of hydrogen-bond acceptors (Lipinski definition) is 3. The highest BCUT2D eigenvalue weighted by atomic mass is 35.5. The molecule has 4 nitrogen and oxygen atoms in total. The number of rotatable bonds is 4. The summed E-state index contributed by atoms with van der Waals surface area (Å²) >= 11 is 14.0. The molecule has 1 amide bonds. The number of carbonyl (C=O) groups is 1. The Kier molecular flexibility index (Phi) is 5.82. The number of nitrogens with zero attached hydrogens (tertiary/aromatic N) is 2. The second-order valence-corrected chi connectivity index (χ2v) is 7.77. The Morgan fingerprint density at radius 1 is 1.23 bits per heavy atom. The number of carbonyl (C=O) groups excluding carboxylic acids is 1. The van der Waals surface area contributed by atoms with Crippen molar-refractivity contribution >= 4 is 50.7 Å². The lowest BCUT2D eigenvalue weighted by molar-refractivity contribution is 0.0996. The smallest absolute Gasteiger partial charge is 0.279 e. The van der Waals surface area contributed by atoms with Crippen LogP contribution in [0.3, 0.4) is 0 Å². The summed E-state index contributed by atoms with van der Waals surface area (Å²) in [5, 5.41) is 0.924. The van der Waals surface area contributed by atoms with Crippen LogP contribution in [0.5, 0.6) is 0 Å². The number of methoxy groups -OCH3 is 1. The van der Waals surface area contributed by atoms with E-state index < -0.39 is 0 Å². The highest BCUT2D eigenvalue weighted by molar-refractivity contribution is 7.16. The van der Waals surface area contributed by atoms with Gasteiger partial charge in [-0.3, -0.25) is 4.79 Å². The molecular weight excluding hydrogens is 391 g/mol. The Morgan fingerprint density at radius 2 is 2.00 bits per heavy atom. The van der Waals surface area contributed by atoms with Crippen LogP contribution in [0, 0.1) is 13.8 Å². The number of hydrogen-bond donors (Lipinski definition) is 0. The SMILES string of the molecule is COCCn1c(=NC(=O)c2cc(C)ccc2C)sc2ccc(Cl)c(Cl)c21. The lowest BCUT2D eigenvalue weighted by Gasteiger charge is -2.07. The molecule has 3 aromatic rings. The molecule has 0 spiro atoms. The maximum Gasteiger partial charge on any atom is 0.279 e. The fourth-order valence-corrected chi connectivity index (χ4v) is 4.23. The number of amides is 1. The number of aromatic nitrogens is 1. The largest absolute Gasteiger partial charge is 0.383 e. The van der Waals surface area contributed by atoms with Crippen LogP contribution in [0.1, 0.15) is 21.5 Å². The molecular formula is C19H18Cl2N2O2S. The quantitative estimate of drug-likeness (QED) is 0.608. The van der Waals surface area contributed by atoms with Gasteiger partial charge in [0.25, 0.3) is 5.91 Å². The van der Waals surface area contributed by atoms with Gasteiger partial charge in [-0.05, 0) is 37.6 Å². The van der Waals surface area contributed by atoms with Gasteiger partial charge in [0.15, 0.2) is 4.80 Å². The van der Waals surface area contributed by atoms with Crippen LogP contribution in [0.25, 0.3) is 10.2 Å². The average Bonchev–Trinajstić information content (AvgIpc) is 2.96. The number of benzene rings is 2. The number of fused-ring (bicyclic) bond motifs is 1. The molecule has 0 radical (unpaired) electrons. The normalized spacial score (nSPS) is 12.1. The van der Waals surface area contributed by atoms with Crippen molar-refractivity contribution in [3.63, 3.8) is 0 Å². The van der Waals surface area contributed by atoms with E-state index in [1.165, 1.54) is 11.3 Å². The van der Waals surface area contributed by atoms with Gasteiger partial charge in [0, 0.05) is 19.2 Å². The van der Waals surface area contributed by atoms with E-state index >= 15 is 0 Å². The lowest BCUT2D eigenvalue weighted by Crippen LogP contribution is -2.19. The molecule has 3 rings (SSSR count). The van der Waals surface area contributed by atoms with Gasteiger partial charge in [0.2, 0.25) is 0 Å². The summed E-state index contributed by atoms with van der Waals surface area (Å²) in [6.45, 7) is 4.86. The molecule has 0 bridgehead atoms. The molecule has 0 aliphatic heterocycles. The first-order valence-electron chi connectivity index (χ1n) is 8.05. The minimum absolute atomic E-state index is 0.272. The van der Waals surface area contributed by atoms with Gasteiger partial charge < -0.3 is 9.30 Å². The fraction of sp³-hybridized carbons (Fsp3) is 0.263. The maximum absolute atomic E-state index is 12.8. The van der Waals surface area contributed by atoms with Gasteiger partial charge in [-0.2, -0.15) is 4.99 Å². The predicted molar refractivity (Wildman–Crippen MR) is 108 cm³/mol. The second kappa shape index (κ2) is 7.92. The fourth-order valence-electron chi connectivity index (χ4n) is 2.69. The predicted octanol–water partition coefficient (Wildman–Crippen LogP) is 5.01. The van der Waals surface area contributed by atoms with Gasteiger partial charge in [-0.25, -0.2) is 0 Å². The van der Waals surface area contributed by atoms with Crippen LogP contribution < -0.4 is 4.80 Å². The average molecular weight is 409 g/mol. The number of aryl methyl sites for hydroxylation is 2. The molecule has 0 aliphatic rings. The summed E-state index contributed by atoms with van der Waals surface area (Å²) in [6, 6.07) is 9.40. The molecule has 0 unspecified atom stereocenters. The summed E-state index contributed by atoms with van der Waals surface area (Å²) in [5.41, 5.74) is 3.29. The van der Waals surface area contributed by atoms with Gasteiger partial charge in [0.1, 0.15) is 0 Å². The van der Waals surface area contributed by atoms with Crippen molar-refractivity contribution < 1.29 is 9.53 Å². The van der Waals surface area contributed by atoms with Crippen LogP contribution >= 0.6 is 34.5 Å². The molecule has 2 aromatic carbocycles. The lowest BCUT2D eigenvalue weighted by atomic mass is 10.1. The molecule has 0 N–H and O–H groups in total. The standard InChI is InChI=1S/C19H18Cl2N2O2S/c1-11-4-5-12(2)13(10-11)18(24)22-19-23(8-9-25-3)17-15(26-19)7-6-14(20)16(17)21/h4-7,10H,8-9H2,1-3H3. The first-order chi connectivity index (χ1) is 12.4. The van der Waals surface area contributed by atoms with Crippen molar-refractivity contribution in [2.24, 2.45) is 4.99 Å². The van der Waals surface area contributed by atoms with E-state index in [4.69, 9.17) is 27.9 Å². The zero-order chi connectivity index (χ0) is 18.8. The van der Waals surface area contributed by atoms with Crippen molar-refractivity contribution in [2.75, 3.05) is 13.7 Å². The molecule has 26 heavy (non-hydrogen) atoms. The number of ether oxygens (including phenoxy) is 1. The van der Waals surface area contributed by atoms with Gasteiger partial charge in [-0.1, -0.05) is 52.2 Å². The summed E-state index contributed by atoms with van der Waals surface area (Å²) < 4.78 is 8.00. The van der Waals surface area contributed by atoms with Crippen LogP contribution in [0.2, 0.25) is 10.0 Å². The summed E-state index contributed by atoms with van der Waals surface area (Å²) in [6.07, 6.45) is 0. The second-order valence-electron chi connectivity index (χ2n) is 5.97. The molecule has 0 atom stereocenters. The Morgan fingerprint density at radius 3 is 2.73 bits per heavy atom. The Hall–Kier alpha value is -1.66. The first kappa shape index (κ1) is 19.1. The first-order valence-corrected chi connectivity index (χ1v) is 9.62. The minimum Gasteiger partial charge on any atom is -0.383 e. The van der Waals surface area contributed by atoms with Crippen molar-refractivity contribution in [3.05, 3.63) is 61.9 Å². The van der Waals surface area contributed by atoms with E-state index in [2.05, 4.69) is 4.99 Å². The van der Waals surface area contributed by atoms with Crippen LogP contribution in [0.15, 0.2) is 35.3 Å². The van der Waals surface area contributed by atoms with E-state index in [1.807, 2.05) is 42.7 Å². The van der Waals surface area contributed by atoms with Crippen LogP contribution in [-0.2, 0) is 11.3 Å². The molecule has 0 aliphatic carbocycles. The Balaban J connectivity index is 2.20. The highest BCUT2D eigenvalue weighted by Crippen LogP contribution is 2.32. The molecule has 0 saturated carbocycles. The van der Waals surface area contributed by atoms with Gasteiger partial charge in [-0.15, -0.1) is 0 Å². The van der Waals surface area contributed by atoms with Crippen molar-refractivity contribution in [1.29, 1.82) is 0 Å². The number of halogens is 2. The van der Waals surface area contributed by atoms with E-state index in [0.29, 0.717) is 33.6 Å².